The van der Waals surface area contributed by atoms with Crippen LogP contribution in [0.3, 0.4) is 0 Å². The molecule has 9 nitrogen and oxygen atoms in total. The molecule has 1 aliphatic heterocycles. The molecule has 2 aromatic rings. The minimum absolute atomic E-state index is 0.0556. The molecule has 0 radical (unpaired) electrons. The van der Waals surface area contributed by atoms with Gasteiger partial charge in [0.1, 0.15) is 6.23 Å². The molecule has 212 valence electrons. The minimum Gasteiger partial charge on any atom is -0.357 e. The highest BCUT2D eigenvalue weighted by Gasteiger charge is 2.32. The molecule has 3 fully saturated rings. The van der Waals surface area contributed by atoms with Crippen LogP contribution in [0.25, 0.3) is 11.2 Å². The predicted molar refractivity (Wildman–Crippen MR) is 154 cm³/mol. The summed E-state index contributed by atoms with van der Waals surface area (Å²) in [5, 5.41) is 8.57. The topological polar surface area (TPSA) is 97.4 Å². The van der Waals surface area contributed by atoms with E-state index in [1.54, 1.807) is 0 Å². The maximum absolute atomic E-state index is 6.60. The Balaban J connectivity index is 1.56. The van der Waals surface area contributed by atoms with Gasteiger partial charge in [0.25, 0.3) is 0 Å². The molecule has 2 saturated carbocycles. The van der Waals surface area contributed by atoms with Crippen LogP contribution in [-0.4, -0.2) is 62.5 Å². The number of rotatable bonds is 12. The number of nitrogens with two attached hydrogens (primary N) is 1. The number of ether oxygens (including phenoxy) is 1. The van der Waals surface area contributed by atoms with Crippen molar-refractivity contribution < 1.29 is 4.74 Å². The summed E-state index contributed by atoms with van der Waals surface area (Å²) in [6.07, 6.45) is 19.0. The van der Waals surface area contributed by atoms with Gasteiger partial charge in [0.2, 0.25) is 5.95 Å². The van der Waals surface area contributed by atoms with E-state index in [1.807, 2.05) is 6.33 Å². The predicted octanol–water partition coefficient (Wildman–Crippen LogP) is 5.77. The third-order valence-electron chi connectivity index (χ3n) is 8.70. The van der Waals surface area contributed by atoms with E-state index in [0.29, 0.717) is 18.1 Å². The van der Waals surface area contributed by atoms with E-state index in [9.17, 15) is 0 Å². The van der Waals surface area contributed by atoms with Gasteiger partial charge in [0.15, 0.2) is 17.0 Å². The van der Waals surface area contributed by atoms with Crippen LogP contribution in [0, 0.1) is 0 Å². The zero-order valence-corrected chi connectivity index (χ0v) is 23.8. The fourth-order valence-corrected chi connectivity index (χ4v) is 6.45. The lowest BCUT2D eigenvalue weighted by Crippen LogP contribution is -2.53. The molecule has 1 atom stereocenters. The van der Waals surface area contributed by atoms with E-state index in [-0.39, 0.29) is 6.23 Å². The van der Waals surface area contributed by atoms with Crippen LogP contribution in [0.15, 0.2) is 6.33 Å². The van der Waals surface area contributed by atoms with Crippen molar-refractivity contribution in [2.75, 3.05) is 30.0 Å². The van der Waals surface area contributed by atoms with Gasteiger partial charge in [0, 0.05) is 37.8 Å². The SMILES string of the molecule is CCCCOC(CCC)N(c1nc(N[C@H]2CC[C@H](N)CC2)nc2c1ncn2C1CCCC1)N1CCCCC1. The zero-order valence-electron chi connectivity index (χ0n) is 23.8. The largest absolute Gasteiger partial charge is 0.357 e. The lowest BCUT2D eigenvalue weighted by molar-refractivity contribution is -0.000729. The summed E-state index contributed by atoms with van der Waals surface area (Å²) in [7, 11) is 0. The minimum atomic E-state index is -0.0556. The lowest BCUT2D eigenvalue weighted by atomic mass is 9.92. The van der Waals surface area contributed by atoms with Crippen molar-refractivity contribution >= 4 is 22.9 Å². The number of aromatic nitrogens is 4. The number of nitrogens with one attached hydrogen (secondary N) is 1. The molecule has 38 heavy (non-hydrogen) atoms. The van der Waals surface area contributed by atoms with E-state index in [1.165, 1.54) is 44.9 Å². The molecule has 3 N–H and O–H groups in total. The van der Waals surface area contributed by atoms with Gasteiger partial charge < -0.3 is 20.4 Å². The normalized spacial score (nSPS) is 24.2. The number of fused-ring (bicyclic) bond motifs is 1. The first kappa shape index (κ1) is 27.6. The van der Waals surface area contributed by atoms with Crippen molar-refractivity contribution in [1.29, 1.82) is 0 Å². The van der Waals surface area contributed by atoms with Crippen LogP contribution in [-0.2, 0) is 4.74 Å². The summed E-state index contributed by atoms with van der Waals surface area (Å²) >= 11 is 0. The molecule has 5 rings (SSSR count). The molecule has 0 amide bonds. The van der Waals surface area contributed by atoms with Crippen LogP contribution >= 0.6 is 0 Å². The summed E-state index contributed by atoms with van der Waals surface area (Å²) in [6, 6.07) is 1.15. The fraction of sp³-hybridized carbons (Fsp3) is 0.828. The number of piperidine rings is 1. The molecular weight excluding hydrogens is 476 g/mol. The molecule has 2 aromatic heterocycles. The highest BCUT2D eigenvalue weighted by atomic mass is 16.5. The summed E-state index contributed by atoms with van der Waals surface area (Å²) in [6.45, 7) is 7.28. The van der Waals surface area contributed by atoms with Crippen LogP contribution in [0.1, 0.15) is 116 Å². The van der Waals surface area contributed by atoms with E-state index in [2.05, 4.69) is 33.7 Å². The molecule has 0 spiro atoms. The smallest absolute Gasteiger partial charge is 0.227 e. The van der Waals surface area contributed by atoms with E-state index >= 15 is 0 Å². The molecule has 3 aliphatic rings. The fourth-order valence-electron chi connectivity index (χ4n) is 6.45. The Hall–Kier alpha value is -1.97. The van der Waals surface area contributed by atoms with Crippen molar-refractivity contribution in [1.82, 2.24) is 24.5 Å². The number of hydrogen-bond acceptors (Lipinski definition) is 8. The number of unbranched alkanes of at least 4 members (excludes halogenated alkanes) is 1. The number of anilines is 2. The average Bonchev–Trinajstić information content (AvgIpc) is 3.61. The van der Waals surface area contributed by atoms with E-state index in [0.717, 1.165) is 94.0 Å². The summed E-state index contributed by atoms with van der Waals surface area (Å²) in [5.74, 6) is 1.62. The van der Waals surface area contributed by atoms with Crippen molar-refractivity contribution in [3.63, 3.8) is 0 Å². The van der Waals surface area contributed by atoms with Gasteiger partial charge >= 0.3 is 0 Å². The van der Waals surface area contributed by atoms with Crippen LogP contribution in [0.4, 0.5) is 11.8 Å². The Bertz CT molecular complexity index is 992. The summed E-state index contributed by atoms with van der Waals surface area (Å²) < 4.78 is 8.93. The van der Waals surface area contributed by atoms with Gasteiger partial charge in [-0.05, 0) is 64.2 Å². The first-order valence-corrected chi connectivity index (χ1v) is 15.6. The standard InChI is InChI=1S/C29H50N8O/c1-3-5-20-38-25(11-4-2)37(35-18-9-6-10-19-35)28-26-27(36(21-31-26)24-12-7-8-13-24)33-29(34-28)32-23-16-14-22(30)15-17-23/h21-25H,3-20,30H2,1-2H3,(H,32,33,34)/t22-,23-,25?. The number of hydrazine groups is 1. The zero-order chi connectivity index (χ0) is 26.3. The van der Waals surface area contributed by atoms with Gasteiger partial charge in [-0.2, -0.15) is 9.97 Å². The second-order valence-electron chi connectivity index (χ2n) is 11.7. The van der Waals surface area contributed by atoms with Gasteiger partial charge in [-0.3, -0.25) is 5.01 Å². The lowest BCUT2D eigenvalue weighted by Gasteiger charge is -2.42. The van der Waals surface area contributed by atoms with E-state index in [4.69, 9.17) is 25.4 Å². The maximum atomic E-state index is 6.60. The monoisotopic (exact) mass is 526 g/mol. The molecular formula is C29H50N8O. The second kappa shape index (κ2) is 13.4. The van der Waals surface area contributed by atoms with Crippen LogP contribution in [0.2, 0.25) is 0 Å². The highest BCUT2D eigenvalue weighted by Crippen LogP contribution is 2.36. The first-order chi connectivity index (χ1) is 18.7. The molecule has 0 bridgehead atoms. The number of nitrogens with zero attached hydrogens (tertiary/aromatic N) is 6. The quantitative estimate of drug-likeness (QED) is 0.266. The maximum Gasteiger partial charge on any atom is 0.227 e. The molecule has 0 aromatic carbocycles. The Morgan fingerprint density at radius 2 is 1.76 bits per heavy atom. The van der Waals surface area contributed by atoms with Gasteiger partial charge in [-0.25, -0.2) is 9.99 Å². The summed E-state index contributed by atoms with van der Waals surface area (Å²) in [4.78, 5) is 15.3. The average molecular weight is 527 g/mol. The Morgan fingerprint density at radius 3 is 2.47 bits per heavy atom. The molecule has 9 heteroatoms. The Labute approximate surface area is 228 Å². The first-order valence-electron chi connectivity index (χ1n) is 15.6. The summed E-state index contributed by atoms with van der Waals surface area (Å²) in [5.41, 5.74) is 8.06. The third-order valence-corrected chi connectivity index (χ3v) is 8.70. The molecule has 2 aliphatic carbocycles. The van der Waals surface area contributed by atoms with Crippen molar-refractivity contribution in [2.24, 2.45) is 5.73 Å². The van der Waals surface area contributed by atoms with Crippen molar-refractivity contribution in [3.05, 3.63) is 6.33 Å². The van der Waals surface area contributed by atoms with Gasteiger partial charge in [-0.1, -0.05) is 46.0 Å². The molecule has 3 heterocycles. The third kappa shape index (κ3) is 6.42. The van der Waals surface area contributed by atoms with E-state index < -0.39 is 0 Å². The van der Waals surface area contributed by atoms with Gasteiger partial charge in [-0.15, -0.1) is 0 Å². The molecule has 1 saturated heterocycles. The molecule has 1 unspecified atom stereocenters. The van der Waals surface area contributed by atoms with Gasteiger partial charge in [0.05, 0.1) is 6.33 Å². The Kier molecular flexibility index (Phi) is 9.73. The van der Waals surface area contributed by atoms with Crippen molar-refractivity contribution in [3.8, 4) is 0 Å². The van der Waals surface area contributed by atoms with Crippen molar-refractivity contribution in [2.45, 2.75) is 135 Å². The van der Waals surface area contributed by atoms with Crippen LogP contribution < -0.4 is 16.1 Å². The second-order valence-corrected chi connectivity index (χ2v) is 11.7. The van der Waals surface area contributed by atoms with Crippen LogP contribution in [0.5, 0.6) is 0 Å². The number of imidazole rings is 1. The Morgan fingerprint density at radius 1 is 1.00 bits per heavy atom. The number of hydrogen-bond donors (Lipinski definition) is 2. The highest BCUT2D eigenvalue weighted by molar-refractivity contribution is 5.85.